The van der Waals surface area contributed by atoms with Crippen LogP contribution in [-0.4, -0.2) is 65.8 Å². The Labute approximate surface area is 257 Å². The topological polar surface area (TPSA) is 97.0 Å². The molecule has 42 heavy (non-hydrogen) atoms. The van der Waals surface area contributed by atoms with Gasteiger partial charge in [-0.2, -0.15) is 5.26 Å². The number of amides is 1. The fourth-order valence-corrected chi connectivity index (χ4v) is 6.75. The maximum absolute atomic E-state index is 13.7. The fraction of sp³-hybridized carbons (Fsp3) is 0.484. The monoisotopic (exact) mass is 610 g/mol. The second-order valence-electron chi connectivity index (χ2n) is 10.6. The van der Waals surface area contributed by atoms with Gasteiger partial charge in [-0.3, -0.25) is 19.1 Å². The summed E-state index contributed by atoms with van der Waals surface area (Å²) in [6.07, 6.45) is 3.99. The first-order chi connectivity index (χ1) is 20.1. The van der Waals surface area contributed by atoms with E-state index in [4.69, 9.17) is 26.4 Å². The number of hydrogen-bond donors (Lipinski definition) is 0. The van der Waals surface area contributed by atoms with E-state index >= 15 is 0 Å². The van der Waals surface area contributed by atoms with E-state index < -0.39 is 0 Å². The van der Waals surface area contributed by atoms with Crippen molar-refractivity contribution < 1.29 is 19.0 Å². The van der Waals surface area contributed by atoms with Crippen LogP contribution in [0.3, 0.4) is 0 Å². The van der Waals surface area contributed by atoms with E-state index in [1.54, 1.807) is 30.6 Å². The summed E-state index contributed by atoms with van der Waals surface area (Å²) in [6, 6.07) is 7.81. The summed E-state index contributed by atoms with van der Waals surface area (Å²) in [6.45, 7) is 9.94. The Balaban J connectivity index is 1.73. The number of nitrogens with zero attached hydrogens (tertiary/aromatic N) is 4. The summed E-state index contributed by atoms with van der Waals surface area (Å²) in [5, 5.41) is 9.97. The van der Waals surface area contributed by atoms with Gasteiger partial charge in [0.15, 0.2) is 11.5 Å². The van der Waals surface area contributed by atoms with E-state index in [0.717, 1.165) is 24.2 Å². The first-order valence-corrected chi connectivity index (χ1v) is 15.4. The predicted octanol–water partition coefficient (Wildman–Crippen LogP) is 4.90. The van der Waals surface area contributed by atoms with E-state index in [9.17, 15) is 14.9 Å². The molecule has 2 saturated heterocycles. The van der Waals surface area contributed by atoms with Crippen molar-refractivity contribution in [3.8, 4) is 17.6 Å². The molecule has 1 amide bonds. The van der Waals surface area contributed by atoms with Crippen molar-refractivity contribution >= 4 is 46.1 Å². The van der Waals surface area contributed by atoms with Crippen LogP contribution < -0.4 is 19.9 Å². The van der Waals surface area contributed by atoms with Crippen LogP contribution >= 0.6 is 24.0 Å². The zero-order valence-corrected chi connectivity index (χ0v) is 26.7. The Bertz CT molecular complexity index is 1490. The van der Waals surface area contributed by atoms with E-state index in [-0.39, 0.29) is 29.2 Å². The normalized spacial score (nSPS) is 19.9. The van der Waals surface area contributed by atoms with E-state index in [1.807, 2.05) is 38.1 Å². The molecule has 0 radical (unpaired) electrons. The number of carbonyl (C=O) groups excluding carboxylic acids is 1. The van der Waals surface area contributed by atoms with Crippen LogP contribution in [0.25, 0.3) is 6.08 Å². The van der Waals surface area contributed by atoms with Gasteiger partial charge in [0, 0.05) is 31.7 Å². The maximum Gasteiger partial charge on any atom is 0.270 e. The molecule has 1 aromatic carbocycles. The van der Waals surface area contributed by atoms with Crippen LogP contribution in [0.4, 0.5) is 5.82 Å². The van der Waals surface area contributed by atoms with Gasteiger partial charge >= 0.3 is 0 Å². The van der Waals surface area contributed by atoms with Crippen molar-refractivity contribution in [2.75, 3.05) is 38.8 Å². The number of morpholine rings is 1. The van der Waals surface area contributed by atoms with Crippen molar-refractivity contribution in [3.05, 3.63) is 55.7 Å². The van der Waals surface area contributed by atoms with Gasteiger partial charge in [0.25, 0.3) is 11.5 Å². The van der Waals surface area contributed by atoms with Crippen LogP contribution in [0.15, 0.2) is 27.9 Å². The summed E-state index contributed by atoms with van der Waals surface area (Å²) in [7, 11) is 3.18. The minimum Gasteiger partial charge on any atom is -0.493 e. The number of benzene rings is 1. The summed E-state index contributed by atoms with van der Waals surface area (Å²) < 4.78 is 18.9. The van der Waals surface area contributed by atoms with E-state index in [1.165, 1.54) is 11.8 Å². The first-order valence-electron chi connectivity index (χ1n) is 14.2. The van der Waals surface area contributed by atoms with Gasteiger partial charge in [-0.15, -0.1) is 0 Å². The molecule has 0 saturated carbocycles. The zero-order chi connectivity index (χ0) is 30.6. The lowest BCUT2D eigenvalue weighted by atomic mass is 10.0. The van der Waals surface area contributed by atoms with Crippen molar-refractivity contribution in [3.63, 3.8) is 0 Å². The average molecular weight is 611 g/mol. The number of carbonyl (C=O) groups is 1. The minimum atomic E-state index is -0.301. The highest BCUT2D eigenvalue weighted by Crippen LogP contribution is 2.37. The number of pyridine rings is 1. The summed E-state index contributed by atoms with van der Waals surface area (Å²) in [5.74, 6) is 1.80. The number of hydrogen-bond acceptors (Lipinski definition) is 9. The quantitative estimate of drug-likeness (QED) is 0.275. The number of thioether (sulfide) groups is 1. The van der Waals surface area contributed by atoms with E-state index in [0.29, 0.717) is 64.5 Å². The standard InChI is InChI=1S/C31H38N4O5S2/c1-7-8-12-34-28(33-17-19(2)40-20(3)18-33)23(21(4)24(16-32)29(34)36)15-27-30(37)35(31(41)42-27)13-11-22-9-10-25(38-5)26(14-22)39-6/h9-10,14-15,19-20H,7-8,11-13,17-18H2,1-6H3/b27-15+. The van der Waals surface area contributed by atoms with Crippen LogP contribution in [0.5, 0.6) is 11.5 Å². The molecular weight excluding hydrogens is 572 g/mol. The molecule has 2 aromatic rings. The van der Waals surface area contributed by atoms with Gasteiger partial charge in [0.1, 0.15) is 21.8 Å². The first kappa shape index (κ1) is 31.6. The molecule has 1 aromatic heterocycles. The molecule has 2 atom stereocenters. The van der Waals surface area contributed by atoms with Crippen molar-refractivity contribution in [2.45, 2.75) is 65.7 Å². The van der Waals surface area contributed by atoms with Gasteiger partial charge in [0.05, 0.1) is 31.3 Å². The minimum absolute atomic E-state index is 0.0398. The predicted molar refractivity (Wildman–Crippen MR) is 170 cm³/mol. The van der Waals surface area contributed by atoms with Gasteiger partial charge in [0.2, 0.25) is 0 Å². The van der Waals surface area contributed by atoms with Crippen LogP contribution in [0.1, 0.15) is 55.9 Å². The van der Waals surface area contributed by atoms with Crippen molar-refractivity contribution in [1.29, 1.82) is 5.26 Å². The Morgan fingerprint density at radius 1 is 1.14 bits per heavy atom. The molecule has 11 heteroatoms. The summed E-state index contributed by atoms with van der Waals surface area (Å²) >= 11 is 6.88. The number of methoxy groups -OCH3 is 2. The lowest BCUT2D eigenvalue weighted by molar-refractivity contribution is -0.122. The van der Waals surface area contributed by atoms with Crippen LogP contribution in [0, 0.1) is 18.3 Å². The zero-order valence-electron chi connectivity index (χ0n) is 25.1. The van der Waals surface area contributed by atoms with Crippen LogP contribution in [-0.2, 0) is 22.5 Å². The molecule has 0 spiro atoms. The number of thiocarbonyl (C=S) groups is 1. The Hall–Kier alpha value is -3.33. The number of unbranched alkanes of at least 4 members (excludes halogenated alkanes) is 1. The molecular formula is C31H38N4O5S2. The smallest absolute Gasteiger partial charge is 0.270 e. The molecule has 0 bridgehead atoms. The number of anilines is 1. The molecule has 9 nitrogen and oxygen atoms in total. The molecule has 2 aliphatic heterocycles. The van der Waals surface area contributed by atoms with Crippen LogP contribution in [0.2, 0.25) is 0 Å². The molecule has 0 N–H and O–H groups in total. The third kappa shape index (κ3) is 6.51. The molecule has 3 heterocycles. The third-order valence-electron chi connectivity index (χ3n) is 7.52. The van der Waals surface area contributed by atoms with Gasteiger partial charge in [-0.25, -0.2) is 0 Å². The number of rotatable bonds is 10. The van der Waals surface area contributed by atoms with Crippen molar-refractivity contribution in [2.24, 2.45) is 0 Å². The lowest BCUT2D eigenvalue weighted by Crippen LogP contribution is -2.48. The summed E-state index contributed by atoms with van der Waals surface area (Å²) in [4.78, 5) is 31.5. The van der Waals surface area contributed by atoms with Gasteiger partial charge in [-0.1, -0.05) is 43.4 Å². The fourth-order valence-electron chi connectivity index (χ4n) is 5.46. The highest BCUT2D eigenvalue weighted by atomic mass is 32.2. The maximum atomic E-state index is 13.7. The van der Waals surface area contributed by atoms with Gasteiger partial charge < -0.3 is 19.1 Å². The third-order valence-corrected chi connectivity index (χ3v) is 8.90. The highest BCUT2D eigenvalue weighted by Gasteiger charge is 2.34. The Kier molecular flexibility index (Phi) is 10.4. The molecule has 0 aliphatic carbocycles. The molecule has 2 aliphatic rings. The SMILES string of the molecule is CCCCn1c(N2CC(C)OC(C)C2)c(/C=C2/SC(=S)N(CCc3ccc(OC)c(OC)c3)C2=O)c(C)c(C#N)c1=O. The average Bonchev–Trinajstić information content (AvgIpc) is 3.23. The number of nitriles is 1. The Morgan fingerprint density at radius 3 is 2.45 bits per heavy atom. The van der Waals surface area contributed by atoms with Crippen molar-refractivity contribution in [1.82, 2.24) is 9.47 Å². The Morgan fingerprint density at radius 2 is 1.83 bits per heavy atom. The largest absolute Gasteiger partial charge is 0.493 e. The molecule has 224 valence electrons. The van der Waals surface area contributed by atoms with E-state index in [2.05, 4.69) is 17.9 Å². The highest BCUT2D eigenvalue weighted by molar-refractivity contribution is 8.26. The molecule has 2 fully saturated rings. The molecule has 2 unspecified atom stereocenters. The molecule has 4 rings (SSSR count). The van der Waals surface area contributed by atoms with Gasteiger partial charge in [-0.05, 0) is 62.9 Å². The number of ether oxygens (including phenoxy) is 3. The lowest BCUT2D eigenvalue weighted by Gasteiger charge is -2.39. The summed E-state index contributed by atoms with van der Waals surface area (Å²) in [5.41, 5.74) is 2.04. The second kappa shape index (κ2) is 13.8. The second-order valence-corrected chi connectivity index (χ2v) is 12.3. The number of aromatic nitrogens is 1.